The molecule has 0 aliphatic carbocycles. The van der Waals surface area contributed by atoms with Crippen molar-refractivity contribution >= 4 is 16.9 Å². The smallest absolute Gasteiger partial charge is 0.263 e. The van der Waals surface area contributed by atoms with E-state index in [0.717, 1.165) is 0 Å². The van der Waals surface area contributed by atoms with Crippen LogP contribution in [0.4, 0.5) is 10.2 Å². The summed E-state index contributed by atoms with van der Waals surface area (Å²) < 4.78 is 24.7. The summed E-state index contributed by atoms with van der Waals surface area (Å²) in [5.74, 6) is 0.279. The Bertz CT molecular complexity index is 821. The summed E-state index contributed by atoms with van der Waals surface area (Å²) in [6.45, 7) is 3.72. The number of halogens is 1. The summed E-state index contributed by atoms with van der Waals surface area (Å²) in [7, 11) is 1.55. The number of fused-ring (bicyclic) bond motifs is 1. The maximum Gasteiger partial charge on any atom is 0.263 e. The second kappa shape index (κ2) is 6.29. The van der Waals surface area contributed by atoms with Crippen LogP contribution >= 0.6 is 0 Å². The highest BCUT2D eigenvalue weighted by atomic mass is 19.1. The van der Waals surface area contributed by atoms with Crippen LogP contribution in [-0.4, -0.2) is 28.3 Å². The second-order valence-corrected chi connectivity index (χ2v) is 5.28. The molecule has 0 fully saturated rings. The van der Waals surface area contributed by atoms with E-state index >= 15 is 0 Å². The standard InChI is InChI=1S/C16H17FN4O2/c1-9-13-15(18-8-19-16(13)23-21-9)20-10(2)14(22-3)11-6-4-5-7-12(11)17/h4-8,10,14H,1-3H3,(H,18,19,20). The fourth-order valence-electron chi connectivity index (χ4n) is 2.63. The molecule has 0 radical (unpaired) electrons. The molecule has 0 bridgehead atoms. The number of hydrogen-bond donors (Lipinski definition) is 1. The molecule has 0 aliphatic rings. The molecule has 0 aliphatic heterocycles. The summed E-state index contributed by atoms with van der Waals surface area (Å²) in [4.78, 5) is 8.28. The van der Waals surface area contributed by atoms with E-state index in [2.05, 4.69) is 20.4 Å². The third-order valence-corrected chi connectivity index (χ3v) is 3.73. The predicted molar refractivity (Wildman–Crippen MR) is 83.6 cm³/mol. The summed E-state index contributed by atoms with van der Waals surface area (Å²) in [6.07, 6.45) is 0.925. The summed E-state index contributed by atoms with van der Waals surface area (Å²) in [5.41, 5.74) is 1.59. The van der Waals surface area contributed by atoms with Gasteiger partial charge in [-0.05, 0) is 19.9 Å². The summed E-state index contributed by atoms with van der Waals surface area (Å²) in [6, 6.07) is 6.33. The largest absolute Gasteiger partial charge is 0.375 e. The minimum absolute atomic E-state index is 0.232. The first-order chi connectivity index (χ1) is 11.1. The SMILES string of the molecule is COC(c1ccccc1F)C(C)Nc1ncnc2onc(C)c12. The lowest BCUT2D eigenvalue weighted by atomic mass is 10.0. The zero-order chi connectivity index (χ0) is 16.4. The van der Waals surface area contributed by atoms with Crippen molar-refractivity contribution in [1.82, 2.24) is 15.1 Å². The van der Waals surface area contributed by atoms with E-state index in [9.17, 15) is 4.39 Å². The van der Waals surface area contributed by atoms with Crippen LogP contribution in [0.3, 0.4) is 0 Å². The minimum Gasteiger partial charge on any atom is -0.375 e. The third-order valence-electron chi connectivity index (χ3n) is 3.73. The van der Waals surface area contributed by atoms with Crippen molar-refractivity contribution in [2.45, 2.75) is 26.0 Å². The molecule has 1 N–H and O–H groups in total. The number of rotatable bonds is 5. The van der Waals surface area contributed by atoms with Gasteiger partial charge in [-0.2, -0.15) is 4.98 Å². The Kier molecular flexibility index (Phi) is 4.20. The van der Waals surface area contributed by atoms with Crippen molar-refractivity contribution in [1.29, 1.82) is 0 Å². The van der Waals surface area contributed by atoms with Crippen LogP contribution in [-0.2, 0) is 4.74 Å². The topological polar surface area (TPSA) is 73.1 Å². The maximum absolute atomic E-state index is 14.0. The molecular weight excluding hydrogens is 299 g/mol. The van der Waals surface area contributed by atoms with Gasteiger partial charge in [-0.3, -0.25) is 0 Å². The molecule has 2 heterocycles. The number of aromatic nitrogens is 3. The Balaban J connectivity index is 1.91. The van der Waals surface area contributed by atoms with Gasteiger partial charge < -0.3 is 14.6 Å². The lowest BCUT2D eigenvalue weighted by Crippen LogP contribution is -2.27. The molecule has 0 saturated heterocycles. The van der Waals surface area contributed by atoms with Crippen LogP contribution in [0.15, 0.2) is 35.1 Å². The van der Waals surface area contributed by atoms with Gasteiger partial charge in [0.15, 0.2) is 0 Å². The van der Waals surface area contributed by atoms with E-state index in [1.807, 2.05) is 13.8 Å². The van der Waals surface area contributed by atoms with Gasteiger partial charge in [0, 0.05) is 12.7 Å². The number of aryl methyl sites for hydroxylation is 1. The second-order valence-electron chi connectivity index (χ2n) is 5.28. The van der Waals surface area contributed by atoms with Crippen LogP contribution in [0.2, 0.25) is 0 Å². The third kappa shape index (κ3) is 2.87. The van der Waals surface area contributed by atoms with E-state index in [1.54, 1.807) is 25.3 Å². The van der Waals surface area contributed by atoms with Gasteiger partial charge in [0.05, 0.1) is 11.7 Å². The molecule has 2 atom stereocenters. The molecular formula is C16H17FN4O2. The Morgan fingerprint density at radius 1 is 1.26 bits per heavy atom. The highest BCUT2D eigenvalue weighted by Gasteiger charge is 2.23. The van der Waals surface area contributed by atoms with Crippen molar-refractivity contribution < 1.29 is 13.7 Å². The maximum atomic E-state index is 14.0. The number of benzene rings is 1. The van der Waals surface area contributed by atoms with E-state index in [-0.39, 0.29) is 11.9 Å². The van der Waals surface area contributed by atoms with Gasteiger partial charge in [0.25, 0.3) is 5.71 Å². The highest BCUT2D eigenvalue weighted by Crippen LogP contribution is 2.28. The van der Waals surface area contributed by atoms with Crippen LogP contribution < -0.4 is 5.32 Å². The number of nitrogens with one attached hydrogen (secondary N) is 1. The molecule has 2 unspecified atom stereocenters. The van der Waals surface area contributed by atoms with Gasteiger partial charge >= 0.3 is 0 Å². The molecule has 0 amide bonds. The number of nitrogens with zero attached hydrogens (tertiary/aromatic N) is 3. The molecule has 23 heavy (non-hydrogen) atoms. The molecule has 3 rings (SSSR count). The normalized spacial score (nSPS) is 13.9. The van der Waals surface area contributed by atoms with Gasteiger partial charge in [0.2, 0.25) is 0 Å². The molecule has 2 aromatic heterocycles. The van der Waals surface area contributed by atoms with Crippen LogP contribution in [0.25, 0.3) is 11.1 Å². The van der Waals surface area contributed by atoms with Gasteiger partial charge in [-0.1, -0.05) is 23.4 Å². The zero-order valence-corrected chi connectivity index (χ0v) is 13.1. The minimum atomic E-state index is -0.471. The molecule has 6 nitrogen and oxygen atoms in total. The van der Waals surface area contributed by atoms with E-state index in [1.165, 1.54) is 12.4 Å². The quantitative estimate of drug-likeness (QED) is 0.779. The van der Waals surface area contributed by atoms with E-state index in [4.69, 9.17) is 9.26 Å². The van der Waals surface area contributed by atoms with Gasteiger partial charge in [0.1, 0.15) is 29.5 Å². The zero-order valence-electron chi connectivity index (χ0n) is 13.1. The fourth-order valence-corrected chi connectivity index (χ4v) is 2.63. The first kappa shape index (κ1) is 15.4. The summed E-state index contributed by atoms with van der Waals surface area (Å²) in [5, 5.41) is 7.85. The van der Waals surface area contributed by atoms with Crippen LogP contribution in [0.5, 0.6) is 0 Å². The van der Waals surface area contributed by atoms with Gasteiger partial charge in [-0.15, -0.1) is 0 Å². The van der Waals surface area contributed by atoms with Crippen molar-refractivity contribution in [2.75, 3.05) is 12.4 Å². The Labute approximate surface area is 132 Å². The monoisotopic (exact) mass is 316 g/mol. The molecule has 7 heteroatoms. The fraction of sp³-hybridized carbons (Fsp3) is 0.312. The Hall–Kier alpha value is -2.54. The Morgan fingerprint density at radius 3 is 2.78 bits per heavy atom. The molecule has 0 saturated carbocycles. The highest BCUT2D eigenvalue weighted by molar-refractivity contribution is 5.87. The van der Waals surface area contributed by atoms with Crippen molar-refractivity contribution in [3.05, 3.63) is 47.7 Å². The first-order valence-electron chi connectivity index (χ1n) is 7.22. The summed E-state index contributed by atoms with van der Waals surface area (Å²) >= 11 is 0. The van der Waals surface area contributed by atoms with Crippen molar-refractivity contribution in [2.24, 2.45) is 0 Å². The first-order valence-corrected chi connectivity index (χ1v) is 7.22. The predicted octanol–water partition coefficient (Wildman–Crippen LogP) is 3.25. The average molecular weight is 316 g/mol. The average Bonchev–Trinajstić information content (AvgIpc) is 2.92. The number of hydrogen-bond acceptors (Lipinski definition) is 6. The van der Waals surface area contributed by atoms with Crippen LogP contribution in [0, 0.1) is 12.7 Å². The lowest BCUT2D eigenvalue weighted by Gasteiger charge is -2.25. The van der Waals surface area contributed by atoms with Crippen LogP contribution in [0.1, 0.15) is 24.3 Å². The molecule has 1 aromatic carbocycles. The van der Waals surface area contributed by atoms with E-state index < -0.39 is 6.10 Å². The van der Waals surface area contributed by atoms with Gasteiger partial charge in [-0.25, -0.2) is 9.37 Å². The lowest BCUT2D eigenvalue weighted by molar-refractivity contribution is 0.0876. The Morgan fingerprint density at radius 2 is 2.04 bits per heavy atom. The van der Waals surface area contributed by atoms with Crippen molar-refractivity contribution in [3.63, 3.8) is 0 Å². The van der Waals surface area contributed by atoms with Crippen molar-refractivity contribution in [3.8, 4) is 0 Å². The molecule has 3 aromatic rings. The molecule has 120 valence electrons. The molecule has 0 spiro atoms. The number of ether oxygens (including phenoxy) is 1. The van der Waals surface area contributed by atoms with E-state index in [0.29, 0.717) is 28.2 Å². The number of methoxy groups -OCH3 is 1. The number of anilines is 1.